The average Bonchev–Trinajstić information content (AvgIpc) is 3.72. The van der Waals surface area contributed by atoms with Gasteiger partial charge in [0.1, 0.15) is 22.9 Å². The van der Waals surface area contributed by atoms with Crippen molar-refractivity contribution in [3.63, 3.8) is 0 Å². The molecule has 0 amide bonds. The highest BCUT2D eigenvalue weighted by atomic mass is 19.1. The summed E-state index contributed by atoms with van der Waals surface area (Å²) in [4.78, 5) is 20.1. The Balaban J connectivity index is 1.20. The number of aryl methyl sites for hydroxylation is 1. The van der Waals surface area contributed by atoms with Crippen molar-refractivity contribution in [3.8, 4) is 11.3 Å². The second kappa shape index (κ2) is 10.3. The van der Waals surface area contributed by atoms with E-state index in [9.17, 15) is 8.78 Å². The first kappa shape index (κ1) is 25.8. The summed E-state index contributed by atoms with van der Waals surface area (Å²) in [5, 5.41) is 3.08. The Kier molecular flexibility index (Phi) is 6.79. The largest absolute Gasteiger partial charge is 0.326 e. The molecule has 9 heteroatoms. The molecule has 1 saturated heterocycles. The summed E-state index contributed by atoms with van der Waals surface area (Å²) in [6.07, 6.45) is 8.20. The van der Waals surface area contributed by atoms with Gasteiger partial charge < -0.3 is 14.8 Å². The predicted molar refractivity (Wildman–Crippen MR) is 149 cm³/mol. The standard InChI is InChI=1S/C30H35F2N7/c1-17(2)39-19(4)35-29-24(31)13-22(14-26(29)39)28-25(32)16-34-30(37-28)36-27-8-5-21(15-33-27)18(3)20-9-11-38(12-10-20)23-6-7-23/h5,8,13-18,20,23H,6-7,9-12H2,1-4H3,(H,33,34,36,37)/t18-/m1/s1. The molecular formula is C30H35F2N7. The molecule has 1 aliphatic carbocycles. The van der Waals surface area contributed by atoms with Gasteiger partial charge in [0.25, 0.3) is 0 Å². The molecule has 1 saturated carbocycles. The molecule has 1 atom stereocenters. The van der Waals surface area contributed by atoms with E-state index in [0.29, 0.717) is 34.6 Å². The molecule has 2 fully saturated rings. The summed E-state index contributed by atoms with van der Waals surface area (Å²) >= 11 is 0. The van der Waals surface area contributed by atoms with Gasteiger partial charge in [0, 0.05) is 23.8 Å². The van der Waals surface area contributed by atoms with Gasteiger partial charge >= 0.3 is 0 Å². The van der Waals surface area contributed by atoms with Crippen LogP contribution in [0.5, 0.6) is 0 Å². The number of nitrogens with one attached hydrogen (secondary N) is 1. The molecule has 4 heterocycles. The fourth-order valence-electron chi connectivity index (χ4n) is 6.05. The van der Waals surface area contributed by atoms with E-state index in [1.807, 2.05) is 37.6 Å². The molecule has 3 aromatic heterocycles. The summed E-state index contributed by atoms with van der Waals surface area (Å²) < 4.78 is 31.8. The van der Waals surface area contributed by atoms with Crippen molar-refractivity contribution in [2.24, 2.45) is 5.92 Å². The molecule has 0 radical (unpaired) electrons. The molecule has 1 aromatic carbocycles. The molecular weight excluding hydrogens is 496 g/mol. The zero-order valence-corrected chi connectivity index (χ0v) is 23.0. The maximum atomic E-state index is 15.0. The number of imidazole rings is 1. The van der Waals surface area contributed by atoms with Crippen molar-refractivity contribution >= 4 is 22.8 Å². The van der Waals surface area contributed by atoms with Crippen LogP contribution in [0.3, 0.4) is 0 Å². The van der Waals surface area contributed by atoms with Crippen LogP contribution >= 0.6 is 0 Å². The molecule has 39 heavy (non-hydrogen) atoms. The third-order valence-corrected chi connectivity index (χ3v) is 8.36. The lowest BCUT2D eigenvalue weighted by atomic mass is 9.82. The Morgan fingerprint density at radius 3 is 2.36 bits per heavy atom. The Morgan fingerprint density at radius 2 is 1.69 bits per heavy atom. The predicted octanol–water partition coefficient (Wildman–Crippen LogP) is 6.78. The summed E-state index contributed by atoms with van der Waals surface area (Å²) in [7, 11) is 0. The minimum atomic E-state index is -0.628. The third-order valence-electron chi connectivity index (χ3n) is 8.36. The molecule has 0 spiro atoms. The van der Waals surface area contributed by atoms with Crippen molar-refractivity contribution in [2.45, 2.75) is 71.4 Å². The van der Waals surface area contributed by atoms with E-state index in [1.165, 1.54) is 50.4 Å². The number of halogens is 2. The monoisotopic (exact) mass is 531 g/mol. The number of benzene rings is 1. The van der Waals surface area contributed by atoms with E-state index in [2.05, 4.69) is 43.1 Å². The van der Waals surface area contributed by atoms with Gasteiger partial charge in [-0.05, 0) is 95.1 Å². The van der Waals surface area contributed by atoms with E-state index >= 15 is 0 Å². The van der Waals surface area contributed by atoms with Crippen LogP contribution in [0.2, 0.25) is 0 Å². The minimum Gasteiger partial charge on any atom is -0.326 e. The van der Waals surface area contributed by atoms with Gasteiger partial charge in [-0.25, -0.2) is 28.7 Å². The van der Waals surface area contributed by atoms with Crippen LogP contribution in [0, 0.1) is 24.5 Å². The number of fused-ring (bicyclic) bond motifs is 1. The Bertz CT molecular complexity index is 1490. The molecule has 2 aliphatic rings. The molecule has 6 rings (SSSR count). The number of piperidine rings is 1. The van der Waals surface area contributed by atoms with Crippen molar-refractivity contribution in [1.82, 2.24) is 29.4 Å². The highest BCUT2D eigenvalue weighted by Gasteiger charge is 2.33. The maximum Gasteiger partial charge on any atom is 0.229 e. The van der Waals surface area contributed by atoms with Crippen LogP contribution in [0.1, 0.15) is 69.8 Å². The Hall–Kier alpha value is -3.46. The second-order valence-corrected chi connectivity index (χ2v) is 11.3. The summed E-state index contributed by atoms with van der Waals surface area (Å²) in [6, 6.07) is 7.93. The van der Waals surface area contributed by atoms with E-state index in [-0.39, 0.29) is 23.2 Å². The van der Waals surface area contributed by atoms with Crippen molar-refractivity contribution in [3.05, 3.63) is 59.7 Å². The van der Waals surface area contributed by atoms with E-state index < -0.39 is 11.6 Å². The number of hydrogen-bond donors (Lipinski definition) is 1. The molecule has 1 aliphatic heterocycles. The molecule has 4 aromatic rings. The zero-order valence-electron chi connectivity index (χ0n) is 23.0. The number of pyridine rings is 1. The molecule has 204 valence electrons. The quantitative estimate of drug-likeness (QED) is 0.284. The van der Waals surface area contributed by atoms with Gasteiger partial charge in [0.05, 0.1) is 11.7 Å². The smallest absolute Gasteiger partial charge is 0.229 e. The van der Waals surface area contributed by atoms with E-state index in [4.69, 9.17) is 0 Å². The minimum absolute atomic E-state index is 0.0187. The Labute approximate surface area is 227 Å². The lowest BCUT2D eigenvalue weighted by molar-refractivity contribution is 0.164. The SMILES string of the molecule is Cc1nc2c(F)cc(-c3nc(Nc4ccc([C@H](C)C5CCN(C6CC6)CC5)cn4)ncc3F)cc2n1C(C)C. The van der Waals surface area contributed by atoms with Crippen molar-refractivity contribution in [2.75, 3.05) is 18.4 Å². The fraction of sp³-hybridized carbons (Fsp3) is 0.467. The molecule has 0 bridgehead atoms. The second-order valence-electron chi connectivity index (χ2n) is 11.3. The van der Waals surface area contributed by atoms with E-state index in [1.54, 1.807) is 6.07 Å². The molecule has 1 N–H and O–H groups in total. The normalized spacial score (nSPS) is 17.7. The van der Waals surface area contributed by atoms with Gasteiger partial charge in [-0.1, -0.05) is 13.0 Å². The van der Waals surface area contributed by atoms with Crippen LogP contribution in [0.25, 0.3) is 22.3 Å². The highest BCUT2D eigenvalue weighted by molar-refractivity contribution is 5.83. The number of rotatable bonds is 7. The first-order valence-corrected chi connectivity index (χ1v) is 14.0. The third kappa shape index (κ3) is 5.12. The Morgan fingerprint density at radius 1 is 0.923 bits per heavy atom. The zero-order chi connectivity index (χ0) is 27.3. The fourth-order valence-corrected chi connectivity index (χ4v) is 6.05. The lowest BCUT2D eigenvalue weighted by Crippen LogP contribution is -2.36. The summed E-state index contributed by atoms with van der Waals surface area (Å²) in [5.74, 6) is 1.43. The van der Waals surface area contributed by atoms with Gasteiger partial charge in [-0.15, -0.1) is 0 Å². The number of likely N-dealkylation sites (tertiary alicyclic amines) is 1. The van der Waals surface area contributed by atoms with Crippen LogP contribution in [-0.2, 0) is 0 Å². The van der Waals surface area contributed by atoms with Crippen molar-refractivity contribution in [1.29, 1.82) is 0 Å². The lowest BCUT2D eigenvalue weighted by Gasteiger charge is -2.35. The molecule has 0 unspecified atom stereocenters. The first-order valence-electron chi connectivity index (χ1n) is 14.0. The molecule has 7 nitrogen and oxygen atoms in total. The van der Waals surface area contributed by atoms with Crippen LogP contribution in [0.4, 0.5) is 20.5 Å². The summed E-state index contributed by atoms with van der Waals surface area (Å²) in [6.45, 7) is 10.5. The van der Waals surface area contributed by atoms with Crippen LogP contribution in [0.15, 0.2) is 36.7 Å². The van der Waals surface area contributed by atoms with Gasteiger partial charge in [0.2, 0.25) is 5.95 Å². The number of nitrogens with zero attached hydrogens (tertiary/aromatic N) is 6. The number of aromatic nitrogens is 5. The topological polar surface area (TPSA) is 71.8 Å². The van der Waals surface area contributed by atoms with E-state index in [0.717, 1.165) is 12.2 Å². The number of hydrogen-bond acceptors (Lipinski definition) is 6. The average molecular weight is 532 g/mol. The van der Waals surface area contributed by atoms with Gasteiger partial charge in [0.15, 0.2) is 11.6 Å². The van der Waals surface area contributed by atoms with Gasteiger partial charge in [-0.2, -0.15) is 0 Å². The van der Waals surface area contributed by atoms with Crippen LogP contribution in [-0.4, -0.2) is 48.5 Å². The number of anilines is 2. The van der Waals surface area contributed by atoms with Crippen molar-refractivity contribution < 1.29 is 8.78 Å². The first-order chi connectivity index (χ1) is 18.8. The van der Waals surface area contributed by atoms with Crippen LogP contribution < -0.4 is 5.32 Å². The van der Waals surface area contributed by atoms with Gasteiger partial charge in [-0.3, -0.25) is 0 Å². The highest BCUT2D eigenvalue weighted by Crippen LogP contribution is 2.36. The maximum absolute atomic E-state index is 15.0. The summed E-state index contributed by atoms with van der Waals surface area (Å²) in [5.41, 5.74) is 2.44.